The van der Waals surface area contributed by atoms with Gasteiger partial charge in [-0.05, 0) is 37.4 Å². The Morgan fingerprint density at radius 3 is 2.33 bits per heavy atom. The van der Waals surface area contributed by atoms with Crippen molar-refractivity contribution in [3.63, 3.8) is 0 Å². The zero-order chi connectivity index (χ0) is 8.97. The van der Waals surface area contributed by atoms with Crippen molar-refractivity contribution in [3.05, 3.63) is 0 Å². The summed E-state index contributed by atoms with van der Waals surface area (Å²) in [5, 5.41) is 0. The van der Waals surface area contributed by atoms with E-state index in [0.29, 0.717) is 0 Å². The Kier molecular flexibility index (Phi) is 4.44. The summed E-state index contributed by atoms with van der Waals surface area (Å²) in [7, 11) is 0. The van der Waals surface area contributed by atoms with E-state index in [-0.39, 0.29) is 0 Å². The van der Waals surface area contributed by atoms with Crippen LogP contribution in [0.25, 0.3) is 0 Å². The quantitative estimate of drug-likeness (QED) is 0.625. The first-order valence-corrected chi connectivity index (χ1v) is 6.19. The van der Waals surface area contributed by atoms with Crippen LogP contribution in [-0.4, -0.2) is 23.7 Å². The Bertz CT molecular complexity index is 117. The van der Waals surface area contributed by atoms with Crippen molar-refractivity contribution in [3.8, 4) is 0 Å². The first kappa shape index (κ1) is 10.4. The maximum Gasteiger partial charge on any atom is 0.00918 e. The predicted octanol–water partition coefficient (Wildman–Crippen LogP) is 3.02. The third-order valence-corrected chi connectivity index (χ3v) is 3.52. The van der Waals surface area contributed by atoms with E-state index in [1.807, 2.05) is 11.9 Å². The molecule has 72 valence electrons. The molecule has 1 fully saturated rings. The standard InChI is InChI=1S/C10H21NS/c1-9(2)8-10-4-6-11(12-3)7-5-10/h9-10H,4-8H2,1-3H3. The minimum atomic E-state index is 0.885. The first-order valence-electron chi connectivity index (χ1n) is 5.01. The number of hydrogen-bond donors (Lipinski definition) is 0. The lowest BCUT2D eigenvalue weighted by Crippen LogP contribution is -2.28. The van der Waals surface area contributed by atoms with Crippen molar-refractivity contribution in [1.82, 2.24) is 4.31 Å². The highest BCUT2D eigenvalue weighted by molar-refractivity contribution is 7.96. The van der Waals surface area contributed by atoms with Gasteiger partial charge in [0.05, 0.1) is 0 Å². The van der Waals surface area contributed by atoms with E-state index >= 15 is 0 Å². The Labute approximate surface area is 81.0 Å². The molecule has 1 saturated heterocycles. The van der Waals surface area contributed by atoms with Gasteiger partial charge in [0.25, 0.3) is 0 Å². The summed E-state index contributed by atoms with van der Waals surface area (Å²) >= 11 is 1.90. The second-order valence-electron chi connectivity index (χ2n) is 4.18. The molecule has 0 bridgehead atoms. The van der Waals surface area contributed by atoms with Crippen molar-refractivity contribution < 1.29 is 0 Å². The first-order chi connectivity index (χ1) is 5.72. The van der Waals surface area contributed by atoms with Crippen molar-refractivity contribution in [1.29, 1.82) is 0 Å². The molecule has 0 N–H and O–H groups in total. The molecule has 0 aromatic heterocycles. The van der Waals surface area contributed by atoms with Crippen LogP contribution in [0.1, 0.15) is 33.1 Å². The van der Waals surface area contributed by atoms with E-state index in [2.05, 4.69) is 24.4 Å². The molecular formula is C10H21NS. The number of hydrogen-bond acceptors (Lipinski definition) is 2. The zero-order valence-electron chi connectivity index (χ0n) is 8.55. The molecule has 0 atom stereocenters. The third-order valence-electron chi connectivity index (χ3n) is 2.64. The van der Waals surface area contributed by atoms with E-state index in [4.69, 9.17) is 0 Å². The van der Waals surface area contributed by atoms with Gasteiger partial charge in [0.2, 0.25) is 0 Å². The highest BCUT2D eigenvalue weighted by Gasteiger charge is 2.18. The summed E-state index contributed by atoms with van der Waals surface area (Å²) in [6.07, 6.45) is 6.45. The van der Waals surface area contributed by atoms with Crippen LogP contribution < -0.4 is 0 Å². The van der Waals surface area contributed by atoms with E-state index in [0.717, 1.165) is 11.8 Å². The molecule has 1 rings (SSSR count). The average molecular weight is 187 g/mol. The van der Waals surface area contributed by atoms with Crippen LogP contribution in [0.3, 0.4) is 0 Å². The Morgan fingerprint density at radius 2 is 1.92 bits per heavy atom. The molecular weight excluding hydrogens is 166 g/mol. The predicted molar refractivity (Wildman–Crippen MR) is 57.3 cm³/mol. The molecule has 0 unspecified atom stereocenters. The molecule has 1 heterocycles. The summed E-state index contributed by atoms with van der Waals surface area (Å²) in [4.78, 5) is 0. The van der Waals surface area contributed by atoms with Crippen LogP contribution in [-0.2, 0) is 0 Å². The van der Waals surface area contributed by atoms with Gasteiger partial charge in [-0.15, -0.1) is 0 Å². The number of piperidine rings is 1. The summed E-state index contributed by atoms with van der Waals surface area (Å²) in [5.74, 6) is 1.89. The van der Waals surface area contributed by atoms with Crippen molar-refractivity contribution in [2.45, 2.75) is 33.1 Å². The maximum atomic E-state index is 2.48. The lowest BCUT2D eigenvalue weighted by atomic mass is 9.89. The van der Waals surface area contributed by atoms with E-state index in [1.165, 1.54) is 32.4 Å². The molecule has 1 aliphatic heterocycles. The van der Waals surface area contributed by atoms with Crippen LogP contribution >= 0.6 is 11.9 Å². The van der Waals surface area contributed by atoms with Gasteiger partial charge in [-0.1, -0.05) is 25.8 Å². The van der Waals surface area contributed by atoms with Gasteiger partial charge in [-0.25, -0.2) is 0 Å². The Balaban J connectivity index is 2.17. The average Bonchev–Trinajstić information content (AvgIpc) is 2.05. The van der Waals surface area contributed by atoms with Crippen LogP contribution in [0.5, 0.6) is 0 Å². The molecule has 12 heavy (non-hydrogen) atoms. The van der Waals surface area contributed by atoms with Gasteiger partial charge in [0, 0.05) is 13.1 Å². The largest absolute Gasteiger partial charge is 0.251 e. The van der Waals surface area contributed by atoms with Gasteiger partial charge in [-0.3, -0.25) is 4.31 Å². The molecule has 2 heteroatoms. The molecule has 0 radical (unpaired) electrons. The van der Waals surface area contributed by atoms with Gasteiger partial charge in [-0.2, -0.15) is 0 Å². The summed E-state index contributed by atoms with van der Waals surface area (Å²) in [5.41, 5.74) is 0. The van der Waals surface area contributed by atoms with Gasteiger partial charge >= 0.3 is 0 Å². The van der Waals surface area contributed by atoms with Crippen LogP contribution in [0.15, 0.2) is 0 Å². The Hall–Kier alpha value is 0.310. The monoisotopic (exact) mass is 187 g/mol. The second-order valence-corrected chi connectivity index (χ2v) is 5.07. The fraction of sp³-hybridized carbons (Fsp3) is 1.00. The third kappa shape index (κ3) is 3.36. The van der Waals surface area contributed by atoms with Crippen molar-refractivity contribution in [2.24, 2.45) is 11.8 Å². The topological polar surface area (TPSA) is 3.24 Å². The SMILES string of the molecule is CSN1CCC(CC(C)C)CC1. The Morgan fingerprint density at radius 1 is 1.33 bits per heavy atom. The summed E-state index contributed by atoms with van der Waals surface area (Å²) in [6, 6.07) is 0. The zero-order valence-corrected chi connectivity index (χ0v) is 9.36. The fourth-order valence-corrected chi connectivity index (χ4v) is 2.57. The molecule has 0 aliphatic carbocycles. The van der Waals surface area contributed by atoms with Crippen LogP contribution in [0, 0.1) is 11.8 Å². The summed E-state index contributed by atoms with van der Waals surface area (Å²) in [6.45, 7) is 7.28. The highest BCUT2D eigenvalue weighted by atomic mass is 32.2. The van der Waals surface area contributed by atoms with E-state index in [9.17, 15) is 0 Å². The minimum absolute atomic E-state index is 0.885. The summed E-state index contributed by atoms with van der Waals surface area (Å²) < 4.78 is 2.48. The molecule has 1 nitrogen and oxygen atoms in total. The second kappa shape index (κ2) is 5.13. The fourth-order valence-electron chi connectivity index (χ4n) is 1.99. The number of nitrogens with zero attached hydrogens (tertiary/aromatic N) is 1. The lowest BCUT2D eigenvalue weighted by Gasteiger charge is -2.30. The highest BCUT2D eigenvalue weighted by Crippen LogP contribution is 2.26. The number of rotatable bonds is 3. The van der Waals surface area contributed by atoms with Crippen LogP contribution in [0.4, 0.5) is 0 Å². The molecule has 0 amide bonds. The van der Waals surface area contributed by atoms with Crippen molar-refractivity contribution in [2.75, 3.05) is 19.3 Å². The normalized spacial score (nSPS) is 22.0. The molecule has 0 saturated carbocycles. The van der Waals surface area contributed by atoms with E-state index < -0.39 is 0 Å². The van der Waals surface area contributed by atoms with Gasteiger partial charge in [0.1, 0.15) is 0 Å². The smallest absolute Gasteiger partial charge is 0.00918 e. The maximum absolute atomic E-state index is 2.48. The minimum Gasteiger partial charge on any atom is -0.251 e. The van der Waals surface area contributed by atoms with E-state index in [1.54, 1.807) is 0 Å². The molecule has 0 spiro atoms. The van der Waals surface area contributed by atoms with Crippen LogP contribution in [0.2, 0.25) is 0 Å². The molecule has 1 aliphatic rings. The van der Waals surface area contributed by atoms with Gasteiger partial charge in [0.15, 0.2) is 0 Å². The van der Waals surface area contributed by atoms with Crippen molar-refractivity contribution >= 4 is 11.9 Å². The molecule has 0 aromatic carbocycles. The lowest BCUT2D eigenvalue weighted by molar-refractivity contribution is 0.259. The molecule has 0 aromatic rings. The van der Waals surface area contributed by atoms with Gasteiger partial charge < -0.3 is 0 Å².